The zero-order valence-corrected chi connectivity index (χ0v) is 14.5. The van der Waals surface area contributed by atoms with Crippen LogP contribution in [0.5, 0.6) is 0 Å². The van der Waals surface area contributed by atoms with Gasteiger partial charge in [-0.05, 0) is 74.6 Å². The maximum Gasteiger partial charge on any atom is 0.0303 e. The standard InChI is InChI=1S/C16H21Br2N/c1-10(14-7-6-13(17)8-16(14)18)19-9-15(11-2-3-11)12-4-5-12/h6-8,10-12,15,19H,2-5,9H2,1H3. The summed E-state index contributed by atoms with van der Waals surface area (Å²) >= 11 is 7.18. The molecule has 3 rings (SSSR count). The fourth-order valence-electron chi connectivity index (χ4n) is 3.04. The van der Waals surface area contributed by atoms with Crippen LogP contribution in [-0.2, 0) is 0 Å². The lowest BCUT2D eigenvalue weighted by Gasteiger charge is -2.21. The van der Waals surface area contributed by atoms with Gasteiger partial charge in [0.1, 0.15) is 0 Å². The van der Waals surface area contributed by atoms with Gasteiger partial charge in [0.15, 0.2) is 0 Å². The first-order valence-corrected chi connectivity index (χ1v) is 8.92. The van der Waals surface area contributed by atoms with Crippen molar-refractivity contribution < 1.29 is 0 Å². The Labute approximate surface area is 132 Å². The van der Waals surface area contributed by atoms with Crippen molar-refractivity contribution in [2.45, 2.75) is 38.6 Å². The molecule has 0 spiro atoms. The Morgan fingerprint density at radius 3 is 2.32 bits per heavy atom. The molecule has 1 nitrogen and oxygen atoms in total. The van der Waals surface area contributed by atoms with Crippen LogP contribution in [0, 0.1) is 17.8 Å². The normalized spacial score (nSPS) is 20.8. The second-order valence-corrected chi connectivity index (χ2v) is 7.90. The molecule has 3 heteroatoms. The van der Waals surface area contributed by atoms with Crippen molar-refractivity contribution in [2.24, 2.45) is 17.8 Å². The Bertz CT molecular complexity index is 440. The van der Waals surface area contributed by atoms with Crippen molar-refractivity contribution in [2.75, 3.05) is 6.54 Å². The topological polar surface area (TPSA) is 12.0 Å². The Morgan fingerprint density at radius 1 is 1.16 bits per heavy atom. The Kier molecular flexibility index (Phi) is 4.35. The summed E-state index contributed by atoms with van der Waals surface area (Å²) in [5, 5.41) is 3.76. The van der Waals surface area contributed by atoms with Crippen LogP contribution in [0.1, 0.15) is 44.2 Å². The van der Waals surface area contributed by atoms with Crippen molar-refractivity contribution in [1.82, 2.24) is 5.32 Å². The molecule has 1 aromatic carbocycles. The Morgan fingerprint density at radius 2 is 1.79 bits per heavy atom. The molecule has 0 aliphatic heterocycles. The molecule has 1 aromatic rings. The molecular weight excluding hydrogens is 366 g/mol. The number of benzene rings is 1. The summed E-state index contributed by atoms with van der Waals surface area (Å²) in [5.41, 5.74) is 1.36. The fourth-order valence-corrected chi connectivity index (χ4v) is 4.43. The lowest BCUT2D eigenvalue weighted by molar-refractivity contribution is 0.362. The van der Waals surface area contributed by atoms with Crippen molar-refractivity contribution in [1.29, 1.82) is 0 Å². The summed E-state index contributed by atoms with van der Waals surface area (Å²) in [4.78, 5) is 0. The van der Waals surface area contributed by atoms with E-state index in [1.54, 1.807) is 0 Å². The third-order valence-electron chi connectivity index (χ3n) is 4.54. The molecule has 2 fully saturated rings. The molecule has 2 saturated carbocycles. The first-order valence-electron chi connectivity index (χ1n) is 7.33. The summed E-state index contributed by atoms with van der Waals surface area (Å²) in [7, 11) is 0. The van der Waals surface area contributed by atoms with Crippen LogP contribution in [0.25, 0.3) is 0 Å². The molecule has 104 valence electrons. The molecular formula is C16H21Br2N. The van der Waals surface area contributed by atoms with Gasteiger partial charge in [-0.3, -0.25) is 0 Å². The fraction of sp³-hybridized carbons (Fsp3) is 0.625. The van der Waals surface area contributed by atoms with E-state index < -0.39 is 0 Å². The average molecular weight is 387 g/mol. The van der Waals surface area contributed by atoms with Crippen molar-refractivity contribution in [3.8, 4) is 0 Å². The molecule has 0 bridgehead atoms. The van der Waals surface area contributed by atoms with Crippen LogP contribution in [-0.4, -0.2) is 6.54 Å². The van der Waals surface area contributed by atoms with Gasteiger partial charge in [-0.15, -0.1) is 0 Å². The average Bonchev–Trinajstić information content (AvgIpc) is 3.23. The van der Waals surface area contributed by atoms with E-state index in [0.29, 0.717) is 6.04 Å². The van der Waals surface area contributed by atoms with Gasteiger partial charge in [0.25, 0.3) is 0 Å². The van der Waals surface area contributed by atoms with Gasteiger partial charge in [-0.1, -0.05) is 37.9 Å². The highest BCUT2D eigenvalue weighted by Crippen LogP contribution is 2.49. The third-order valence-corrected chi connectivity index (χ3v) is 5.72. The maximum atomic E-state index is 3.76. The van der Waals surface area contributed by atoms with Crippen molar-refractivity contribution in [3.63, 3.8) is 0 Å². The first kappa shape index (κ1) is 14.1. The van der Waals surface area contributed by atoms with Gasteiger partial charge in [0, 0.05) is 15.0 Å². The number of halogens is 2. The summed E-state index contributed by atoms with van der Waals surface area (Å²) in [6, 6.07) is 6.88. The predicted octanol–water partition coefficient (Wildman–Crippen LogP) is 5.30. The van der Waals surface area contributed by atoms with Crippen LogP contribution in [0.2, 0.25) is 0 Å². The molecule has 1 atom stereocenters. The molecule has 2 aliphatic rings. The number of hydrogen-bond acceptors (Lipinski definition) is 1. The second-order valence-electron chi connectivity index (χ2n) is 6.13. The minimum atomic E-state index is 0.419. The predicted molar refractivity (Wildman–Crippen MR) is 87.2 cm³/mol. The summed E-state index contributed by atoms with van der Waals surface area (Å²) < 4.78 is 2.32. The molecule has 0 aromatic heterocycles. The highest BCUT2D eigenvalue weighted by atomic mass is 79.9. The maximum absolute atomic E-state index is 3.76. The minimum Gasteiger partial charge on any atom is -0.310 e. The molecule has 0 heterocycles. The lowest BCUT2D eigenvalue weighted by atomic mass is 9.97. The zero-order chi connectivity index (χ0) is 13.4. The van der Waals surface area contributed by atoms with E-state index in [0.717, 1.165) is 22.2 Å². The molecule has 0 amide bonds. The molecule has 0 saturated heterocycles. The smallest absolute Gasteiger partial charge is 0.0303 e. The van der Waals surface area contributed by atoms with Crippen LogP contribution in [0.3, 0.4) is 0 Å². The second kappa shape index (κ2) is 5.87. The van der Waals surface area contributed by atoms with Gasteiger partial charge >= 0.3 is 0 Å². The quantitative estimate of drug-likeness (QED) is 0.699. The van der Waals surface area contributed by atoms with Crippen LogP contribution in [0.4, 0.5) is 0 Å². The van der Waals surface area contributed by atoms with Crippen LogP contribution in [0.15, 0.2) is 27.1 Å². The number of hydrogen-bond donors (Lipinski definition) is 1. The zero-order valence-electron chi connectivity index (χ0n) is 11.3. The van der Waals surface area contributed by atoms with E-state index in [1.807, 2.05) is 0 Å². The SMILES string of the molecule is CC(NCC(C1CC1)C1CC1)c1ccc(Br)cc1Br. The van der Waals surface area contributed by atoms with Crippen molar-refractivity contribution in [3.05, 3.63) is 32.7 Å². The van der Waals surface area contributed by atoms with E-state index in [-0.39, 0.29) is 0 Å². The highest BCUT2D eigenvalue weighted by molar-refractivity contribution is 9.11. The summed E-state index contributed by atoms with van der Waals surface area (Å²) in [5.74, 6) is 3.00. The number of rotatable bonds is 6. The third kappa shape index (κ3) is 3.62. The van der Waals surface area contributed by atoms with Gasteiger partial charge < -0.3 is 5.32 Å². The monoisotopic (exact) mass is 385 g/mol. The first-order chi connectivity index (χ1) is 9.15. The van der Waals surface area contributed by atoms with Gasteiger partial charge in [0.05, 0.1) is 0 Å². The van der Waals surface area contributed by atoms with E-state index >= 15 is 0 Å². The largest absolute Gasteiger partial charge is 0.310 e. The van der Waals surface area contributed by atoms with E-state index in [4.69, 9.17) is 0 Å². The van der Waals surface area contributed by atoms with Crippen LogP contribution < -0.4 is 5.32 Å². The summed E-state index contributed by atoms with van der Waals surface area (Å²) in [6.07, 6.45) is 5.89. The molecule has 0 radical (unpaired) electrons. The van der Waals surface area contributed by atoms with Gasteiger partial charge in [-0.2, -0.15) is 0 Å². The molecule has 2 aliphatic carbocycles. The Hall–Kier alpha value is 0.140. The van der Waals surface area contributed by atoms with Crippen LogP contribution >= 0.6 is 31.9 Å². The number of nitrogens with one attached hydrogen (secondary N) is 1. The molecule has 1 unspecified atom stereocenters. The van der Waals surface area contributed by atoms with Gasteiger partial charge in [0.2, 0.25) is 0 Å². The molecule has 19 heavy (non-hydrogen) atoms. The lowest BCUT2D eigenvalue weighted by Crippen LogP contribution is -2.28. The summed E-state index contributed by atoms with van der Waals surface area (Å²) in [6.45, 7) is 3.46. The van der Waals surface area contributed by atoms with Gasteiger partial charge in [-0.25, -0.2) is 0 Å². The van der Waals surface area contributed by atoms with Crippen molar-refractivity contribution >= 4 is 31.9 Å². The highest BCUT2D eigenvalue weighted by Gasteiger charge is 2.41. The molecule has 1 N–H and O–H groups in total. The Balaban J connectivity index is 1.59. The van der Waals surface area contributed by atoms with E-state index in [2.05, 4.69) is 62.3 Å². The van der Waals surface area contributed by atoms with E-state index in [1.165, 1.54) is 42.3 Å². The van der Waals surface area contributed by atoms with E-state index in [9.17, 15) is 0 Å². The minimum absolute atomic E-state index is 0.419.